The Morgan fingerprint density at radius 3 is 2.65 bits per heavy atom. The topological polar surface area (TPSA) is 50.9 Å². The van der Waals surface area contributed by atoms with Gasteiger partial charge in [0.2, 0.25) is 0 Å². The molecule has 1 fully saturated rings. The van der Waals surface area contributed by atoms with Crippen molar-refractivity contribution in [1.29, 1.82) is 0 Å². The summed E-state index contributed by atoms with van der Waals surface area (Å²) in [7, 11) is 2.05. The average molecular weight is 275 g/mol. The highest BCUT2D eigenvalue weighted by molar-refractivity contribution is 5.43. The molecule has 0 saturated heterocycles. The molecule has 3 nitrogen and oxygen atoms in total. The second-order valence-corrected chi connectivity index (χ2v) is 6.32. The van der Waals surface area contributed by atoms with E-state index in [2.05, 4.69) is 30.2 Å². The summed E-state index contributed by atoms with van der Waals surface area (Å²) in [5.41, 5.74) is 8.47. The molecular formula is C17H29N3. The van der Waals surface area contributed by atoms with Gasteiger partial charge in [0.1, 0.15) is 5.82 Å². The predicted molar refractivity (Wildman–Crippen MR) is 85.5 cm³/mol. The van der Waals surface area contributed by atoms with Crippen molar-refractivity contribution in [2.45, 2.75) is 58.4 Å². The standard InChI is InChI=1S/C17H29N3/c1-4-5-13-6-8-14(9-7-13)16(19-3)15-10-12(2)11-20-17(15)18/h10-11,13-14,16,19H,4-9H2,1-3H3,(H2,18,20). The quantitative estimate of drug-likeness (QED) is 0.858. The number of aryl methyl sites for hydroxylation is 1. The highest BCUT2D eigenvalue weighted by atomic mass is 14.9. The second-order valence-electron chi connectivity index (χ2n) is 6.32. The lowest BCUT2D eigenvalue weighted by atomic mass is 9.75. The molecule has 3 N–H and O–H groups in total. The van der Waals surface area contributed by atoms with Crippen molar-refractivity contribution in [3.63, 3.8) is 0 Å². The number of nitrogen functional groups attached to an aromatic ring is 1. The Morgan fingerprint density at radius 1 is 1.35 bits per heavy atom. The van der Waals surface area contributed by atoms with Crippen LogP contribution in [0.1, 0.15) is 62.6 Å². The SMILES string of the molecule is CCCC1CCC(C(NC)c2cc(C)cnc2N)CC1. The van der Waals surface area contributed by atoms with Crippen molar-refractivity contribution >= 4 is 5.82 Å². The van der Waals surface area contributed by atoms with Crippen LogP contribution in [-0.4, -0.2) is 12.0 Å². The van der Waals surface area contributed by atoms with Crippen LogP contribution in [0.2, 0.25) is 0 Å². The maximum absolute atomic E-state index is 6.10. The first-order valence-corrected chi connectivity index (χ1v) is 8.05. The fraction of sp³-hybridized carbons (Fsp3) is 0.706. The van der Waals surface area contributed by atoms with Gasteiger partial charge in [-0.05, 0) is 50.3 Å². The molecule has 3 heteroatoms. The van der Waals surface area contributed by atoms with Crippen molar-refractivity contribution in [2.75, 3.05) is 12.8 Å². The molecule has 1 saturated carbocycles. The van der Waals surface area contributed by atoms with Crippen LogP contribution in [0.4, 0.5) is 5.82 Å². The van der Waals surface area contributed by atoms with Crippen LogP contribution in [0.15, 0.2) is 12.3 Å². The Labute approximate surface area is 123 Å². The van der Waals surface area contributed by atoms with Gasteiger partial charge in [-0.2, -0.15) is 0 Å². The lowest BCUT2D eigenvalue weighted by Crippen LogP contribution is -2.29. The van der Waals surface area contributed by atoms with Gasteiger partial charge < -0.3 is 11.1 Å². The third kappa shape index (κ3) is 3.51. The van der Waals surface area contributed by atoms with Crippen LogP contribution in [0.5, 0.6) is 0 Å². The van der Waals surface area contributed by atoms with E-state index >= 15 is 0 Å². The summed E-state index contributed by atoms with van der Waals surface area (Å²) in [5.74, 6) is 2.33. The van der Waals surface area contributed by atoms with E-state index in [1.54, 1.807) is 0 Å². The number of anilines is 1. The largest absolute Gasteiger partial charge is 0.383 e. The number of hydrogen-bond donors (Lipinski definition) is 2. The first kappa shape index (κ1) is 15.3. The van der Waals surface area contributed by atoms with Crippen molar-refractivity contribution in [3.8, 4) is 0 Å². The van der Waals surface area contributed by atoms with E-state index in [1.165, 1.54) is 49.7 Å². The molecule has 0 radical (unpaired) electrons. The Kier molecular flexibility index (Phi) is 5.41. The molecule has 0 spiro atoms. The van der Waals surface area contributed by atoms with Gasteiger partial charge in [-0.15, -0.1) is 0 Å². The molecule has 1 aliphatic carbocycles. The minimum atomic E-state index is 0.352. The molecule has 1 heterocycles. The summed E-state index contributed by atoms with van der Waals surface area (Å²) in [4.78, 5) is 4.32. The Hall–Kier alpha value is -1.09. The van der Waals surface area contributed by atoms with E-state index in [0.29, 0.717) is 17.8 Å². The van der Waals surface area contributed by atoms with E-state index in [4.69, 9.17) is 5.73 Å². The number of aromatic nitrogens is 1. The smallest absolute Gasteiger partial charge is 0.128 e. The maximum Gasteiger partial charge on any atom is 0.128 e. The van der Waals surface area contributed by atoms with Gasteiger partial charge in [0.15, 0.2) is 0 Å². The summed E-state index contributed by atoms with van der Waals surface area (Å²) >= 11 is 0. The average Bonchev–Trinajstić information content (AvgIpc) is 2.45. The molecule has 1 atom stereocenters. The summed E-state index contributed by atoms with van der Waals surface area (Å²) in [6.07, 6.45) is 9.92. The first-order chi connectivity index (χ1) is 9.65. The molecule has 1 aromatic heterocycles. The number of hydrogen-bond acceptors (Lipinski definition) is 3. The number of pyridine rings is 1. The predicted octanol–water partition coefficient (Wildman–Crippen LogP) is 3.84. The third-order valence-corrected chi connectivity index (χ3v) is 4.79. The number of nitrogens with two attached hydrogens (primary N) is 1. The molecule has 112 valence electrons. The maximum atomic E-state index is 6.10. The lowest BCUT2D eigenvalue weighted by molar-refractivity contribution is 0.220. The van der Waals surface area contributed by atoms with Crippen molar-refractivity contribution in [1.82, 2.24) is 10.3 Å². The fourth-order valence-electron chi connectivity index (χ4n) is 3.72. The second kappa shape index (κ2) is 7.07. The van der Waals surface area contributed by atoms with Gasteiger partial charge in [-0.25, -0.2) is 4.98 Å². The van der Waals surface area contributed by atoms with Gasteiger partial charge in [-0.1, -0.05) is 32.6 Å². The normalized spacial score (nSPS) is 24.6. The van der Waals surface area contributed by atoms with Crippen LogP contribution < -0.4 is 11.1 Å². The number of nitrogens with one attached hydrogen (secondary N) is 1. The van der Waals surface area contributed by atoms with Crippen molar-refractivity contribution < 1.29 is 0 Å². The first-order valence-electron chi connectivity index (χ1n) is 8.05. The zero-order chi connectivity index (χ0) is 14.5. The third-order valence-electron chi connectivity index (χ3n) is 4.79. The minimum Gasteiger partial charge on any atom is -0.383 e. The van der Waals surface area contributed by atoms with Crippen LogP contribution in [0, 0.1) is 18.8 Å². The van der Waals surface area contributed by atoms with E-state index in [9.17, 15) is 0 Å². The molecule has 1 aromatic rings. The molecule has 0 aromatic carbocycles. The highest BCUT2D eigenvalue weighted by Crippen LogP contribution is 2.39. The summed E-state index contributed by atoms with van der Waals surface area (Å²) in [6, 6.07) is 2.55. The van der Waals surface area contributed by atoms with E-state index in [0.717, 1.165) is 5.92 Å². The molecule has 1 unspecified atom stereocenters. The number of rotatable bonds is 5. The van der Waals surface area contributed by atoms with Crippen molar-refractivity contribution in [2.24, 2.45) is 11.8 Å². The Morgan fingerprint density at radius 2 is 2.05 bits per heavy atom. The van der Waals surface area contributed by atoms with Gasteiger partial charge >= 0.3 is 0 Å². The monoisotopic (exact) mass is 275 g/mol. The van der Waals surface area contributed by atoms with Crippen LogP contribution in [0.25, 0.3) is 0 Å². The van der Waals surface area contributed by atoms with Gasteiger partial charge in [0.05, 0.1) is 0 Å². The molecule has 0 aliphatic heterocycles. The minimum absolute atomic E-state index is 0.352. The fourth-order valence-corrected chi connectivity index (χ4v) is 3.72. The summed E-state index contributed by atoms with van der Waals surface area (Å²) in [6.45, 7) is 4.38. The highest BCUT2D eigenvalue weighted by Gasteiger charge is 2.28. The van der Waals surface area contributed by atoms with E-state index in [1.807, 2.05) is 13.2 Å². The zero-order valence-electron chi connectivity index (χ0n) is 13.2. The summed E-state index contributed by atoms with van der Waals surface area (Å²) in [5, 5.41) is 3.48. The molecule has 2 rings (SSSR count). The zero-order valence-corrected chi connectivity index (χ0v) is 13.2. The van der Waals surface area contributed by atoms with Gasteiger partial charge in [0, 0.05) is 17.8 Å². The molecular weight excluding hydrogens is 246 g/mol. The Balaban J connectivity index is 2.07. The molecule has 20 heavy (non-hydrogen) atoms. The number of nitrogens with zero attached hydrogens (tertiary/aromatic N) is 1. The molecule has 0 amide bonds. The van der Waals surface area contributed by atoms with E-state index in [-0.39, 0.29) is 0 Å². The summed E-state index contributed by atoms with van der Waals surface area (Å²) < 4.78 is 0. The van der Waals surface area contributed by atoms with Crippen LogP contribution >= 0.6 is 0 Å². The lowest BCUT2D eigenvalue weighted by Gasteiger charge is -2.34. The van der Waals surface area contributed by atoms with Crippen LogP contribution in [0.3, 0.4) is 0 Å². The van der Waals surface area contributed by atoms with Crippen molar-refractivity contribution in [3.05, 3.63) is 23.4 Å². The van der Waals surface area contributed by atoms with Crippen LogP contribution in [-0.2, 0) is 0 Å². The molecule has 1 aliphatic rings. The van der Waals surface area contributed by atoms with Gasteiger partial charge in [0.25, 0.3) is 0 Å². The Bertz CT molecular complexity index is 422. The van der Waals surface area contributed by atoms with E-state index < -0.39 is 0 Å². The molecule has 0 bridgehead atoms. The van der Waals surface area contributed by atoms with Gasteiger partial charge in [-0.3, -0.25) is 0 Å².